The summed E-state index contributed by atoms with van der Waals surface area (Å²) in [5.41, 5.74) is 2.02. The predicted octanol–water partition coefficient (Wildman–Crippen LogP) is 5.79. The quantitative estimate of drug-likeness (QED) is 0.424. The molecule has 2 aromatic carbocycles. The highest BCUT2D eigenvalue weighted by Gasteiger charge is 2.14. The molecule has 0 saturated heterocycles. The molecule has 0 spiro atoms. The monoisotopic (exact) mass is 442 g/mol. The van der Waals surface area contributed by atoms with Gasteiger partial charge in [-0.05, 0) is 64.8 Å². The number of anilines is 1. The van der Waals surface area contributed by atoms with Gasteiger partial charge in [0.05, 0.1) is 14.7 Å². The molecular weight excluding hydrogens is 428 g/mol. The number of halogens is 1. The molecule has 0 unspecified atom stereocenters. The molecule has 0 radical (unpaired) electrons. The minimum atomic E-state index is -0.335. The Morgan fingerprint density at radius 1 is 1.22 bits per heavy atom. The number of nitrogens with one attached hydrogen (secondary N) is 1. The number of hydrogen-bond donors (Lipinski definition) is 1. The molecule has 0 aliphatic rings. The normalized spacial score (nSPS) is 10.9. The number of ether oxygens (including phenoxy) is 1. The molecule has 1 N–H and O–H groups in total. The van der Waals surface area contributed by atoms with Gasteiger partial charge in [-0.1, -0.05) is 29.5 Å². The van der Waals surface area contributed by atoms with Crippen molar-refractivity contribution in [2.75, 3.05) is 5.32 Å². The van der Waals surface area contributed by atoms with E-state index in [4.69, 9.17) is 9.15 Å². The van der Waals surface area contributed by atoms with Crippen molar-refractivity contribution < 1.29 is 13.9 Å². The number of furan rings is 1. The Kier molecular flexibility index (Phi) is 4.96. The molecule has 5 nitrogen and oxygen atoms in total. The van der Waals surface area contributed by atoms with Crippen molar-refractivity contribution in [1.29, 1.82) is 0 Å². The molecule has 2 aromatic heterocycles. The molecule has 0 saturated carbocycles. The Hall–Kier alpha value is -2.64. The van der Waals surface area contributed by atoms with Gasteiger partial charge < -0.3 is 9.15 Å². The van der Waals surface area contributed by atoms with Gasteiger partial charge in [0.2, 0.25) is 0 Å². The fourth-order valence-corrected chi connectivity index (χ4v) is 3.89. The Bertz CT molecular complexity index is 1120. The second-order valence-corrected chi connectivity index (χ2v) is 7.81. The van der Waals surface area contributed by atoms with E-state index in [0.29, 0.717) is 16.6 Å². The summed E-state index contributed by atoms with van der Waals surface area (Å²) in [5.74, 6) is 1.16. The minimum Gasteiger partial charge on any atom is -0.484 e. The molecule has 0 fully saturated rings. The number of hydrogen-bond acceptors (Lipinski definition) is 5. The van der Waals surface area contributed by atoms with Crippen molar-refractivity contribution in [2.45, 2.75) is 13.5 Å². The first-order chi connectivity index (χ1) is 13.1. The van der Waals surface area contributed by atoms with Crippen LogP contribution in [0.1, 0.15) is 21.9 Å². The van der Waals surface area contributed by atoms with Gasteiger partial charge in [-0.2, -0.15) is 0 Å². The molecule has 27 heavy (non-hydrogen) atoms. The van der Waals surface area contributed by atoms with Crippen LogP contribution in [0.3, 0.4) is 0 Å². The van der Waals surface area contributed by atoms with Crippen LogP contribution in [0, 0.1) is 6.92 Å². The minimum absolute atomic E-state index is 0.219. The van der Waals surface area contributed by atoms with E-state index in [2.05, 4.69) is 26.2 Å². The number of fused-ring (bicyclic) bond motifs is 1. The van der Waals surface area contributed by atoms with E-state index in [-0.39, 0.29) is 18.3 Å². The van der Waals surface area contributed by atoms with Crippen LogP contribution in [0.15, 0.2) is 63.5 Å². The van der Waals surface area contributed by atoms with Gasteiger partial charge in [0.1, 0.15) is 18.1 Å². The average molecular weight is 443 g/mol. The largest absolute Gasteiger partial charge is 0.484 e. The van der Waals surface area contributed by atoms with Crippen molar-refractivity contribution in [3.05, 3.63) is 76.2 Å². The van der Waals surface area contributed by atoms with Gasteiger partial charge in [0.25, 0.3) is 5.91 Å². The Labute approximate surface area is 168 Å². The highest BCUT2D eigenvalue weighted by molar-refractivity contribution is 9.10. The lowest BCUT2D eigenvalue weighted by Gasteiger charge is -2.05. The fraction of sp³-hybridized carbons (Fsp3) is 0.100. The summed E-state index contributed by atoms with van der Waals surface area (Å²) in [6, 6.07) is 16.9. The molecule has 0 aliphatic heterocycles. The van der Waals surface area contributed by atoms with Crippen LogP contribution in [0.25, 0.3) is 10.2 Å². The summed E-state index contributed by atoms with van der Waals surface area (Å²) in [6.07, 6.45) is 0. The third kappa shape index (κ3) is 4.04. The molecule has 2 heterocycles. The van der Waals surface area contributed by atoms with Gasteiger partial charge in [-0.25, -0.2) is 4.98 Å². The van der Waals surface area contributed by atoms with Crippen LogP contribution >= 0.6 is 27.3 Å². The second-order valence-electron chi connectivity index (χ2n) is 5.93. The summed E-state index contributed by atoms with van der Waals surface area (Å²) in [4.78, 5) is 16.8. The molecule has 136 valence electrons. The number of amides is 1. The smallest absolute Gasteiger partial charge is 0.293 e. The first-order valence-electron chi connectivity index (χ1n) is 8.23. The van der Waals surface area contributed by atoms with Gasteiger partial charge in [-0.15, -0.1) is 0 Å². The lowest BCUT2D eigenvalue weighted by Crippen LogP contribution is -2.10. The Balaban J connectivity index is 1.42. The van der Waals surface area contributed by atoms with Crippen molar-refractivity contribution in [1.82, 2.24) is 4.98 Å². The van der Waals surface area contributed by atoms with E-state index in [9.17, 15) is 4.79 Å². The topological polar surface area (TPSA) is 64.4 Å². The van der Waals surface area contributed by atoms with Crippen LogP contribution in [0.4, 0.5) is 5.13 Å². The number of carbonyl (C=O) groups is 1. The van der Waals surface area contributed by atoms with Crippen LogP contribution in [0.5, 0.6) is 5.75 Å². The maximum Gasteiger partial charge on any atom is 0.293 e. The van der Waals surface area contributed by atoms with Gasteiger partial charge in [-0.3, -0.25) is 10.1 Å². The molecule has 4 aromatic rings. The van der Waals surface area contributed by atoms with Crippen molar-refractivity contribution >= 4 is 48.5 Å². The van der Waals surface area contributed by atoms with Crippen molar-refractivity contribution in [3.63, 3.8) is 0 Å². The lowest BCUT2D eigenvalue weighted by molar-refractivity contribution is 0.0992. The Morgan fingerprint density at radius 2 is 2.07 bits per heavy atom. The standard InChI is InChI=1S/C20H15BrN2O3S/c1-12-6-8-15-18(10-12)27-20(22-15)23-19(24)17-9-7-13(26-17)11-25-16-5-3-2-4-14(16)21/h2-10H,11H2,1H3,(H,22,23,24). The number of nitrogens with zero attached hydrogens (tertiary/aromatic N) is 1. The first-order valence-corrected chi connectivity index (χ1v) is 9.84. The summed E-state index contributed by atoms with van der Waals surface area (Å²) in [6.45, 7) is 2.26. The van der Waals surface area contributed by atoms with E-state index < -0.39 is 0 Å². The Morgan fingerprint density at radius 3 is 2.93 bits per heavy atom. The molecule has 0 aliphatic carbocycles. The number of para-hydroxylation sites is 1. The highest BCUT2D eigenvalue weighted by Crippen LogP contribution is 2.27. The molecule has 0 bridgehead atoms. The summed E-state index contributed by atoms with van der Waals surface area (Å²) in [7, 11) is 0. The summed E-state index contributed by atoms with van der Waals surface area (Å²) in [5, 5.41) is 3.33. The first kappa shape index (κ1) is 17.8. The molecule has 7 heteroatoms. The number of rotatable bonds is 5. The average Bonchev–Trinajstić information content (AvgIpc) is 3.27. The van der Waals surface area contributed by atoms with Gasteiger partial charge in [0.15, 0.2) is 10.9 Å². The van der Waals surface area contributed by atoms with E-state index in [1.807, 2.05) is 49.4 Å². The molecule has 1 amide bonds. The molecule has 4 rings (SSSR count). The molecular formula is C20H15BrN2O3S. The lowest BCUT2D eigenvalue weighted by atomic mass is 10.2. The summed E-state index contributed by atoms with van der Waals surface area (Å²) >= 11 is 4.86. The number of thiazole rings is 1. The van der Waals surface area contributed by atoms with Crippen molar-refractivity contribution in [2.24, 2.45) is 0 Å². The SMILES string of the molecule is Cc1ccc2nc(NC(=O)c3ccc(COc4ccccc4Br)o3)sc2c1. The van der Waals surface area contributed by atoms with Crippen LogP contribution in [-0.2, 0) is 6.61 Å². The number of aromatic nitrogens is 1. The maximum absolute atomic E-state index is 12.4. The number of carbonyl (C=O) groups excluding carboxylic acids is 1. The predicted molar refractivity (Wildman–Crippen MR) is 109 cm³/mol. The third-order valence-electron chi connectivity index (χ3n) is 3.86. The number of benzene rings is 2. The third-order valence-corrected chi connectivity index (χ3v) is 5.45. The zero-order chi connectivity index (χ0) is 18.8. The number of aryl methyl sites for hydroxylation is 1. The van der Waals surface area contributed by atoms with Gasteiger partial charge >= 0.3 is 0 Å². The van der Waals surface area contributed by atoms with Crippen LogP contribution in [-0.4, -0.2) is 10.9 Å². The zero-order valence-electron chi connectivity index (χ0n) is 14.4. The van der Waals surface area contributed by atoms with E-state index in [1.54, 1.807) is 12.1 Å². The van der Waals surface area contributed by atoms with E-state index >= 15 is 0 Å². The van der Waals surface area contributed by atoms with Crippen LogP contribution < -0.4 is 10.1 Å². The van der Waals surface area contributed by atoms with Crippen molar-refractivity contribution in [3.8, 4) is 5.75 Å². The zero-order valence-corrected chi connectivity index (χ0v) is 16.8. The van der Waals surface area contributed by atoms with Gasteiger partial charge in [0, 0.05) is 0 Å². The highest BCUT2D eigenvalue weighted by atomic mass is 79.9. The summed E-state index contributed by atoms with van der Waals surface area (Å²) < 4.78 is 13.2. The second kappa shape index (κ2) is 7.54. The fourth-order valence-electron chi connectivity index (χ4n) is 2.53. The maximum atomic E-state index is 12.4. The van der Waals surface area contributed by atoms with E-state index in [1.165, 1.54) is 11.3 Å². The van der Waals surface area contributed by atoms with Crippen LogP contribution in [0.2, 0.25) is 0 Å². The molecule has 0 atom stereocenters. The van der Waals surface area contributed by atoms with E-state index in [0.717, 1.165) is 20.3 Å².